The number of carbonyl (C=O) groups is 2. The molecule has 2 saturated heterocycles. The molecule has 12 heavy (non-hydrogen) atoms. The minimum atomic E-state index is -0.257. The first-order chi connectivity index (χ1) is 5.77. The largest absolute Gasteiger partial charge is 0.365 e. The second kappa shape index (κ2) is 1.77. The van der Waals surface area contributed by atoms with Crippen molar-refractivity contribution in [3.8, 4) is 0 Å². The quantitative estimate of drug-likeness (QED) is 0.378. The van der Waals surface area contributed by atoms with Gasteiger partial charge in [0.15, 0.2) is 0 Å². The molecule has 3 rings (SSSR count). The molecule has 0 radical (unpaired) electrons. The minimum absolute atomic E-state index is 0.161. The molecule has 0 saturated carbocycles. The van der Waals surface area contributed by atoms with E-state index in [-0.39, 0.29) is 35.9 Å². The summed E-state index contributed by atoms with van der Waals surface area (Å²) in [5.74, 6) is -0.872. The van der Waals surface area contributed by atoms with Crippen LogP contribution in [0.25, 0.3) is 0 Å². The van der Waals surface area contributed by atoms with E-state index in [4.69, 9.17) is 4.74 Å². The van der Waals surface area contributed by atoms with Crippen LogP contribution in [0.1, 0.15) is 0 Å². The van der Waals surface area contributed by atoms with Gasteiger partial charge in [0.25, 0.3) is 0 Å². The Balaban J connectivity index is 2.08. The molecule has 4 nitrogen and oxygen atoms in total. The van der Waals surface area contributed by atoms with E-state index in [1.54, 1.807) is 0 Å². The molecular weight excluding hydrogens is 158 g/mol. The Morgan fingerprint density at radius 1 is 1.08 bits per heavy atom. The molecule has 1 N–H and O–H groups in total. The Morgan fingerprint density at radius 3 is 2.08 bits per heavy atom. The van der Waals surface area contributed by atoms with Crippen molar-refractivity contribution in [1.29, 1.82) is 0 Å². The Bertz CT molecular complexity index is 281. The van der Waals surface area contributed by atoms with Gasteiger partial charge in [-0.25, -0.2) is 0 Å². The van der Waals surface area contributed by atoms with Crippen LogP contribution in [-0.4, -0.2) is 24.0 Å². The van der Waals surface area contributed by atoms with E-state index in [0.717, 1.165) is 0 Å². The molecule has 3 heterocycles. The third-order valence-electron chi connectivity index (χ3n) is 2.75. The molecule has 3 aliphatic heterocycles. The van der Waals surface area contributed by atoms with Gasteiger partial charge in [-0.1, -0.05) is 12.2 Å². The Morgan fingerprint density at radius 2 is 1.58 bits per heavy atom. The number of carbonyl (C=O) groups excluding carboxylic acids is 2. The van der Waals surface area contributed by atoms with Crippen molar-refractivity contribution in [2.24, 2.45) is 11.8 Å². The lowest BCUT2D eigenvalue weighted by atomic mass is 9.85. The van der Waals surface area contributed by atoms with Crippen molar-refractivity contribution in [3.63, 3.8) is 0 Å². The summed E-state index contributed by atoms with van der Waals surface area (Å²) < 4.78 is 5.39. The van der Waals surface area contributed by atoms with Gasteiger partial charge in [0.05, 0.1) is 24.0 Å². The van der Waals surface area contributed by atoms with E-state index >= 15 is 0 Å². The lowest BCUT2D eigenvalue weighted by Gasteiger charge is -2.10. The van der Waals surface area contributed by atoms with Gasteiger partial charge < -0.3 is 4.74 Å². The maximum Gasteiger partial charge on any atom is 0.233 e. The standard InChI is InChI=1S/C8H7NO3/c10-7-5-3-1-2-4(12-3)6(5)8(11)9-7/h1-6H,(H,9,10,11)/t3-,4+,5-,6-/m1/s1. The van der Waals surface area contributed by atoms with Gasteiger partial charge >= 0.3 is 0 Å². The number of fused-ring (bicyclic) bond motifs is 5. The summed E-state index contributed by atoms with van der Waals surface area (Å²) in [5.41, 5.74) is 0. The fraction of sp³-hybridized carbons (Fsp3) is 0.500. The third-order valence-corrected chi connectivity index (χ3v) is 2.75. The molecule has 2 amide bonds. The first-order valence-corrected chi connectivity index (χ1v) is 3.96. The van der Waals surface area contributed by atoms with Crippen LogP contribution in [0.5, 0.6) is 0 Å². The minimum Gasteiger partial charge on any atom is -0.365 e. The fourth-order valence-corrected chi connectivity index (χ4v) is 2.22. The Hall–Kier alpha value is -1.16. The summed E-state index contributed by atoms with van der Waals surface area (Å²) in [6.07, 6.45) is 3.41. The first kappa shape index (κ1) is 6.37. The highest BCUT2D eigenvalue weighted by molar-refractivity contribution is 6.06. The number of imide groups is 1. The van der Waals surface area contributed by atoms with E-state index in [1.807, 2.05) is 12.2 Å². The van der Waals surface area contributed by atoms with E-state index in [2.05, 4.69) is 5.32 Å². The molecule has 0 aromatic heterocycles. The van der Waals surface area contributed by atoms with Crippen LogP contribution >= 0.6 is 0 Å². The molecule has 4 heteroatoms. The SMILES string of the molecule is O=C1NC(=O)[C@H]2[C@H]1[C@@H]1C=C[C@H]2O1. The van der Waals surface area contributed by atoms with Gasteiger partial charge in [-0.15, -0.1) is 0 Å². The van der Waals surface area contributed by atoms with E-state index in [1.165, 1.54) is 0 Å². The third kappa shape index (κ3) is 0.536. The van der Waals surface area contributed by atoms with Gasteiger partial charge in [-0.2, -0.15) is 0 Å². The maximum absolute atomic E-state index is 11.2. The zero-order chi connectivity index (χ0) is 8.29. The van der Waals surface area contributed by atoms with Crippen molar-refractivity contribution in [2.45, 2.75) is 12.2 Å². The van der Waals surface area contributed by atoms with Crippen molar-refractivity contribution in [3.05, 3.63) is 12.2 Å². The van der Waals surface area contributed by atoms with Crippen LogP contribution in [0.3, 0.4) is 0 Å². The average Bonchev–Trinajstić information content (AvgIpc) is 2.64. The van der Waals surface area contributed by atoms with Crippen LogP contribution in [0.15, 0.2) is 12.2 Å². The summed E-state index contributed by atoms with van der Waals surface area (Å²) in [6, 6.07) is 0. The lowest BCUT2D eigenvalue weighted by Crippen LogP contribution is -2.27. The average molecular weight is 165 g/mol. The highest BCUT2D eigenvalue weighted by Crippen LogP contribution is 2.41. The Kier molecular flexibility index (Phi) is 0.939. The zero-order valence-electron chi connectivity index (χ0n) is 6.19. The van der Waals surface area contributed by atoms with Crippen LogP contribution in [-0.2, 0) is 14.3 Å². The molecule has 4 atom stereocenters. The highest BCUT2D eigenvalue weighted by Gasteiger charge is 2.57. The lowest BCUT2D eigenvalue weighted by molar-refractivity contribution is -0.128. The predicted molar refractivity (Wildman–Crippen MR) is 37.9 cm³/mol. The molecule has 0 aliphatic carbocycles. The molecule has 0 unspecified atom stereocenters. The molecule has 2 bridgehead atoms. The molecule has 0 aromatic carbocycles. The van der Waals surface area contributed by atoms with Gasteiger partial charge in [0.2, 0.25) is 11.8 Å². The molecule has 2 fully saturated rings. The van der Waals surface area contributed by atoms with Crippen LogP contribution in [0, 0.1) is 11.8 Å². The van der Waals surface area contributed by atoms with Crippen molar-refractivity contribution in [2.75, 3.05) is 0 Å². The second-order valence-electron chi connectivity index (χ2n) is 3.36. The van der Waals surface area contributed by atoms with Gasteiger partial charge in [0, 0.05) is 0 Å². The molecule has 0 spiro atoms. The van der Waals surface area contributed by atoms with Crippen molar-refractivity contribution >= 4 is 11.8 Å². The van der Waals surface area contributed by atoms with Gasteiger partial charge in [-0.05, 0) is 0 Å². The normalized spacial score (nSPS) is 48.3. The number of rotatable bonds is 0. The van der Waals surface area contributed by atoms with E-state index in [0.29, 0.717) is 0 Å². The summed E-state index contributed by atoms with van der Waals surface area (Å²) >= 11 is 0. The monoisotopic (exact) mass is 165 g/mol. The zero-order valence-corrected chi connectivity index (χ0v) is 6.19. The first-order valence-electron chi connectivity index (χ1n) is 3.96. The van der Waals surface area contributed by atoms with Gasteiger partial charge in [0.1, 0.15) is 0 Å². The van der Waals surface area contributed by atoms with Crippen molar-refractivity contribution < 1.29 is 14.3 Å². The van der Waals surface area contributed by atoms with E-state index < -0.39 is 0 Å². The number of amides is 2. The van der Waals surface area contributed by atoms with Crippen LogP contribution in [0.2, 0.25) is 0 Å². The highest BCUT2D eigenvalue weighted by atomic mass is 16.5. The summed E-state index contributed by atoms with van der Waals surface area (Å²) in [5, 5.41) is 2.32. The molecule has 3 aliphatic rings. The summed E-state index contributed by atoms with van der Waals surface area (Å²) in [6.45, 7) is 0. The topological polar surface area (TPSA) is 55.4 Å². The number of ether oxygens (including phenoxy) is 1. The predicted octanol–water partition coefficient (Wildman–Crippen LogP) is -0.788. The van der Waals surface area contributed by atoms with Crippen molar-refractivity contribution in [1.82, 2.24) is 5.32 Å². The van der Waals surface area contributed by atoms with E-state index in [9.17, 15) is 9.59 Å². The Labute approximate surface area is 68.6 Å². The maximum atomic E-state index is 11.2. The van der Waals surface area contributed by atoms with Crippen LogP contribution in [0.4, 0.5) is 0 Å². The summed E-state index contributed by atoms with van der Waals surface area (Å²) in [7, 11) is 0. The molecular formula is C8H7NO3. The number of hydrogen-bond acceptors (Lipinski definition) is 3. The summed E-state index contributed by atoms with van der Waals surface area (Å²) in [4.78, 5) is 22.4. The fourth-order valence-electron chi connectivity index (χ4n) is 2.22. The second-order valence-corrected chi connectivity index (χ2v) is 3.36. The molecule has 0 aromatic rings. The van der Waals surface area contributed by atoms with Gasteiger partial charge in [-0.3, -0.25) is 14.9 Å². The molecule has 62 valence electrons. The smallest absolute Gasteiger partial charge is 0.233 e. The number of hydrogen-bond donors (Lipinski definition) is 1. The number of nitrogens with one attached hydrogen (secondary N) is 1. The van der Waals surface area contributed by atoms with Crippen LogP contribution < -0.4 is 5.32 Å².